The van der Waals surface area contributed by atoms with Gasteiger partial charge in [0.1, 0.15) is 0 Å². The molecular formula is C11H10ClN3O2S. The second-order valence-corrected chi connectivity index (χ2v) is 5.15. The number of hydrogen-bond acceptors (Lipinski definition) is 4. The number of nitrogens with zero attached hydrogens (tertiary/aromatic N) is 2. The van der Waals surface area contributed by atoms with Crippen LogP contribution in [0.2, 0.25) is 5.15 Å². The van der Waals surface area contributed by atoms with Crippen LogP contribution >= 0.6 is 22.9 Å². The number of ether oxygens (including phenoxy) is 1. The number of aromatic nitrogens is 2. The van der Waals surface area contributed by atoms with Gasteiger partial charge in [-0.1, -0.05) is 11.6 Å². The Kier molecular flexibility index (Phi) is 3.07. The standard InChI is InChI=1S/C11H10ClN3O2S/c12-10-8(15-3-4-18-11(15)14-10)1-2-9(16)13-7-5-17-6-7/h1-4,7H,5-6H2,(H,13,16). The molecule has 0 spiro atoms. The molecule has 0 atom stereocenters. The third-order valence-corrected chi connectivity index (χ3v) is 3.67. The normalized spacial score (nSPS) is 16.3. The summed E-state index contributed by atoms with van der Waals surface area (Å²) in [7, 11) is 0. The Morgan fingerprint density at radius 3 is 3.22 bits per heavy atom. The zero-order valence-corrected chi connectivity index (χ0v) is 10.9. The number of fused-ring (bicyclic) bond motifs is 1. The SMILES string of the molecule is O=C(C=Cc1c(Cl)nc2sccn12)NC1COC1. The van der Waals surface area contributed by atoms with Gasteiger partial charge in [0.2, 0.25) is 5.91 Å². The highest BCUT2D eigenvalue weighted by Crippen LogP contribution is 2.22. The maximum absolute atomic E-state index is 11.6. The van der Waals surface area contributed by atoms with Crippen molar-refractivity contribution in [1.82, 2.24) is 14.7 Å². The lowest BCUT2D eigenvalue weighted by molar-refractivity contribution is -0.120. The maximum Gasteiger partial charge on any atom is 0.244 e. The zero-order chi connectivity index (χ0) is 12.5. The third kappa shape index (κ3) is 2.14. The predicted molar refractivity (Wildman–Crippen MR) is 69.9 cm³/mol. The number of thiazole rings is 1. The molecule has 1 N–H and O–H groups in total. The van der Waals surface area contributed by atoms with Crippen LogP contribution in [-0.4, -0.2) is 34.5 Å². The summed E-state index contributed by atoms with van der Waals surface area (Å²) in [6.07, 6.45) is 5.01. The second-order valence-electron chi connectivity index (χ2n) is 3.92. The largest absolute Gasteiger partial charge is 0.377 e. The molecule has 3 heterocycles. The van der Waals surface area contributed by atoms with E-state index >= 15 is 0 Å². The lowest BCUT2D eigenvalue weighted by Crippen LogP contribution is -2.48. The number of amides is 1. The highest BCUT2D eigenvalue weighted by Gasteiger charge is 2.19. The van der Waals surface area contributed by atoms with E-state index in [-0.39, 0.29) is 11.9 Å². The van der Waals surface area contributed by atoms with Crippen molar-refractivity contribution in [3.05, 3.63) is 28.5 Å². The first kappa shape index (κ1) is 11.7. The molecule has 3 rings (SSSR count). The van der Waals surface area contributed by atoms with Gasteiger partial charge in [-0.05, 0) is 6.08 Å². The zero-order valence-electron chi connectivity index (χ0n) is 9.30. The topological polar surface area (TPSA) is 55.6 Å². The first-order valence-electron chi connectivity index (χ1n) is 5.41. The average Bonchev–Trinajstić information content (AvgIpc) is 2.82. The number of halogens is 1. The first-order chi connectivity index (χ1) is 8.74. The summed E-state index contributed by atoms with van der Waals surface area (Å²) in [5.74, 6) is -0.149. The Bertz CT molecular complexity index is 615. The van der Waals surface area contributed by atoms with Crippen molar-refractivity contribution in [2.24, 2.45) is 0 Å². The number of nitrogens with one attached hydrogen (secondary N) is 1. The van der Waals surface area contributed by atoms with Crippen LogP contribution in [-0.2, 0) is 9.53 Å². The smallest absolute Gasteiger partial charge is 0.244 e. The van der Waals surface area contributed by atoms with E-state index in [1.807, 2.05) is 16.0 Å². The van der Waals surface area contributed by atoms with E-state index < -0.39 is 0 Å². The van der Waals surface area contributed by atoms with E-state index in [0.29, 0.717) is 24.1 Å². The van der Waals surface area contributed by atoms with Crippen molar-refractivity contribution in [3.63, 3.8) is 0 Å². The van der Waals surface area contributed by atoms with Crippen molar-refractivity contribution in [3.8, 4) is 0 Å². The molecule has 0 radical (unpaired) electrons. The van der Waals surface area contributed by atoms with Gasteiger partial charge in [0.05, 0.1) is 24.9 Å². The number of hydrogen-bond donors (Lipinski definition) is 1. The maximum atomic E-state index is 11.6. The van der Waals surface area contributed by atoms with Crippen LogP contribution in [0.3, 0.4) is 0 Å². The van der Waals surface area contributed by atoms with Crippen molar-refractivity contribution < 1.29 is 9.53 Å². The summed E-state index contributed by atoms with van der Waals surface area (Å²) in [6, 6.07) is 0.129. The highest BCUT2D eigenvalue weighted by molar-refractivity contribution is 7.15. The quantitative estimate of drug-likeness (QED) is 0.870. The van der Waals surface area contributed by atoms with Crippen molar-refractivity contribution in [2.45, 2.75) is 6.04 Å². The van der Waals surface area contributed by atoms with Gasteiger partial charge in [0.15, 0.2) is 10.1 Å². The van der Waals surface area contributed by atoms with Crippen molar-refractivity contribution in [2.75, 3.05) is 13.2 Å². The Hall–Kier alpha value is -1.37. The van der Waals surface area contributed by atoms with Gasteiger partial charge >= 0.3 is 0 Å². The van der Waals surface area contributed by atoms with Crippen LogP contribution in [0.5, 0.6) is 0 Å². The molecular weight excluding hydrogens is 274 g/mol. The fourth-order valence-corrected chi connectivity index (χ4v) is 2.65. The summed E-state index contributed by atoms with van der Waals surface area (Å²) in [4.78, 5) is 16.6. The molecule has 2 aromatic rings. The van der Waals surface area contributed by atoms with Gasteiger partial charge in [0, 0.05) is 17.7 Å². The van der Waals surface area contributed by atoms with Crippen LogP contribution in [0.4, 0.5) is 0 Å². The van der Waals surface area contributed by atoms with Crippen LogP contribution in [0.15, 0.2) is 17.7 Å². The minimum atomic E-state index is -0.149. The van der Waals surface area contributed by atoms with Crippen LogP contribution in [0.1, 0.15) is 5.69 Å². The molecule has 1 fully saturated rings. The molecule has 2 aromatic heterocycles. The lowest BCUT2D eigenvalue weighted by Gasteiger charge is -2.26. The van der Waals surface area contributed by atoms with Crippen LogP contribution in [0, 0.1) is 0 Å². The monoisotopic (exact) mass is 283 g/mol. The summed E-state index contributed by atoms with van der Waals surface area (Å²) >= 11 is 7.50. The Balaban J connectivity index is 1.76. The Labute approximate surface area is 112 Å². The van der Waals surface area contributed by atoms with Gasteiger partial charge < -0.3 is 10.1 Å². The molecule has 0 saturated carbocycles. The van der Waals surface area contributed by atoms with Gasteiger partial charge in [-0.15, -0.1) is 11.3 Å². The minimum Gasteiger partial charge on any atom is -0.377 e. The summed E-state index contributed by atoms with van der Waals surface area (Å²) in [5.41, 5.74) is 0.716. The van der Waals surface area contributed by atoms with E-state index in [2.05, 4.69) is 10.3 Å². The first-order valence-corrected chi connectivity index (χ1v) is 6.67. The molecule has 1 aliphatic rings. The van der Waals surface area contributed by atoms with E-state index in [1.54, 1.807) is 6.08 Å². The highest BCUT2D eigenvalue weighted by atomic mass is 35.5. The van der Waals surface area contributed by atoms with E-state index in [0.717, 1.165) is 4.96 Å². The Morgan fingerprint density at radius 2 is 2.50 bits per heavy atom. The number of rotatable bonds is 3. The number of carbonyl (C=O) groups excluding carboxylic acids is 1. The molecule has 7 heteroatoms. The molecule has 0 bridgehead atoms. The molecule has 0 aliphatic carbocycles. The van der Waals surface area contributed by atoms with Crippen LogP contribution < -0.4 is 5.32 Å². The van der Waals surface area contributed by atoms with E-state index in [9.17, 15) is 4.79 Å². The molecule has 1 aliphatic heterocycles. The lowest BCUT2D eigenvalue weighted by atomic mass is 10.2. The molecule has 94 valence electrons. The van der Waals surface area contributed by atoms with Crippen molar-refractivity contribution in [1.29, 1.82) is 0 Å². The molecule has 1 saturated heterocycles. The van der Waals surface area contributed by atoms with E-state index in [1.165, 1.54) is 17.4 Å². The van der Waals surface area contributed by atoms with Gasteiger partial charge in [-0.25, -0.2) is 4.98 Å². The summed E-state index contributed by atoms with van der Waals surface area (Å²) in [5, 5.41) is 5.14. The van der Waals surface area contributed by atoms with Gasteiger partial charge in [0.25, 0.3) is 0 Å². The van der Waals surface area contributed by atoms with Crippen LogP contribution in [0.25, 0.3) is 11.0 Å². The minimum absolute atomic E-state index is 0.129. The Morgan fingerprint density at radius 1 is 1.67 bits per heavy atom. The molecule has 18 heavy (non-hydrogen) atoms. The fraction of sp³-hybridized carbons (Fsp3) is 0.273. The molecule has 5 nitrogen and oxygen atoms in total. The third-order valence-electron chi connectivity index (χ3n) is 2.63. The average molecular weight is 284 g/mol. The molecule has 0 aromatic carbocycles. The van der Waals surface area contributed by atoms with Gasteiger partial charge in [-0.3, -0.25) is 9.20 Å². The molecule has 0 unspecified atom stereocenters. The predicted octanol–water partition coefficient (Wildman–Crippen LogP) is 1.58. The van der Waals surface area contributed by atoms with E-state index in [4.69, 9.17) is 16.3 Å². The summed E-state index contributed by atoms with van der Waals surface area (Å²) in [6.45, 7) is 1.17. The second kappa shape index (κ2) is 4.72. The number of carbonyl (C=O) groups is 1. The van der Waals surface area contributed by atoms with Gasteiger partial charge in [-0.2, -0.15) is 0 Å². The van der Waals surface area contributed by atoms with Crippen molar-refractivity contribution >= 4 is 39.9 Å². The molecule has 1 amide bonds. The number of imidazole rings is 1. The fourth-order valence-electron chi connectivity index (χ4n) is 1.65. The summed E-state index contributed by atoms with van der Waals surface area (Å²) < 4.78 is 6.83.